The number of nitrogens with one attached hydrogen (secondary N) is 1. The molecule has 0 saturated carbocycles. The van der Waals surface area contributed by atoms with Crippen LogP contribution in [0.3, 0.4) is 0 Å². The quantitative estimate of drug-likeness (QED) is 0.791. The van der Waals surface area contributed by atoms with Crippen LogP contribution in [0.25, 0.3) is 0 Å². The molecular weight excluding hydrogens is 222 g/mol. The van der Waals surface area contributed by atoms with Gasteiger partial charge in [-0.15, -0.1) is 0 Å². The lowest BCUT2D eigenvalue weighted by Crippen LogP contribution is -2.32. The second-order valence-electron chi connectivity index (χ2n) is 5.02. The Morgan fingerprint density at radius 1 is 1.00 bits per heavy atom. The van der Waals surface area contributed by atoms with Crippen LogP contribution >= 0.6 is 0 Å². The molecule has 1 aromatic rings. The van der Waals surface area contributed by atoms with Gasteiger partial charge < -0.3 is 10.1 Å². The normalized spacial score (nSPS) is 14.8. The summed E-state index contributed by atoms with van der Waals surface area (Å²) in [5.74, 6) is 0.584. The van der Waals surface area contributed by atoms with Gasteiger partial charge in [0.05, 0.1) is 12.1 Å². The second kappa shape index (κ2) is 7.55. The lowest BCUT2D eigenvalue weighted by Gasteiger charge is -2.25. The molecule has 2 atom stereocenters. The number of ether oxygens (including phenoxy) is 1. The number of hydrogen-bond acceptors (Lipinski definition) is 2. The predicted molar refractivity (Wildman–Crippen MR) is 78.0 cm³/mol. The maximum absolute atomic E-state index is 5.73. The van der Waals surface area contributed by atoms with E-state index in [4.69, 9.17) is 4.74 Å². The van der Waals surface area contributed by atoms with E-state index in [0.29, 0.717) is 5.92 Å². The van der Waals surface area contributed by atoms with Crippen LogP contribution < -0.4 is 5.32 Å². The molecule has 0 aromatic heterocycles. The van der Waals surface area contributed by atoms with Crippen LogP contribution in [0.1, 0.15) is 57.7 Å². The van der Waals surface area contributed by atoms with Crippen molar-refractivity contribution < 1.29 is 4.74 Å². The fourth-order valence-electron chi connectivity index (χ4n) is 2.22. The van der Waals surface area contributed by atoms with Crippen molar-refractivity contribution in [3.63, 3.8) is 0 Å². The fraction of sp³-hybridized carbons (Fsp3) is 0.625. The van der Waals surface area contributed by atoms with Gasteiger partial charge in [-0.05, 0) is 37.4 Å². The van der Waals surface area contributed by atoms with Gasteiger partial charge in [0.15, 0.2) is 0 Å². The highest BCUT2D eigenvalue weighted by Gasteiger charge is 2.18. The molecule has 2 unspecified atom stereocenters. The van der Waals surface area contributed by atoms with Crippen LogP contribution in [0.4, 0.5) is 0 Å². The molecule has 102 valence electrons. The molecule has 18 heavy (non-hydrogen) atoms. The third kappa shape index (κ3) is 4.11. The van der Waals surface area contributed by atoms with E-state index >= 15 is 0 Å². The van der Waals surface area contributed by atoms with Gasteiger partial charge in [0.2, 0.25) is 0 Å². The minimum absolute atomic E-state index is 0.194. The Morgan fingerprint density at radius 3 is 2.00 bits per heavy atom. The van der Waals surface area contributed by atoms with Gasteiger partial charge in [-0.1, -0.05) is 45.0 Å². The number of rotatable bonds is 7. The smallest absolute Gasteiger partial charge is 0.0741 e. The van der Waals surface area contributed by atoms with Crippen molar-refractivity contribution in [1.29, 1.82) is 0 Å². The molecule has 0 aliphatic rings. The van der Waals surface area contributed by atoms with Gasteiger partial charge in [-0.25, -0.2) is 0 Å². The highest BCUT2D eigenvalue weighted by Crippen LogP contribution is 2.22. The highest BCUT2D eigenvalue weighted by molar-refractivity contribution is 5.27. The minimum Gasteiger partial charge on any atom is -0.377 e. The van der Waals surface area contributed by atoms with E-state index in [1.807, 2.05) is 6.92 Å². The van der Waals surface area contributed by atoms with Gasteiger partial charge in [0.1, 0.15) is 0 Å². The maximum Gasteiger partial charge on any atom is 0.0741 e. The first-order chi connectivity index (χ1) is 8.60. The summed E-state index contributed by atoms with van der Waals surface area (Å²) in [7, 11) is 0. The summed E-state index contributed by atoms with van der Waals surface area (Å²) in [4.78, 5) is 0. The lowest BCUT2D eigenvalue weighted by atomic mass is 9.97. The zero-order valence-corrected chi connectivity index (χ0v) is 12.4. The number of hydrogen-bond donors (Lipinski definition) is 1. The van der Waals surface area contributed by atoms with E-state index < -0.39 is 0 Å². The summed E-state index contributed by atoms with van der Waals surface area (Å²) in [6, 6.07) is 9.17. The van der Waals surface area contributed by atoms with E-state index in [1.54, 1.807) is 0 Å². The average Bonchev–Trinajstić information content (AvgIpc) is 2.36. The molecule has 0 fully saturated rings. The van der Waals surface area contributed by atoms with Crippen molar-refractivity contribution in [3.8, 4) is 0 Å². The fourth-order valence-corrected chi connectivity index (χ4v) is 2.22. The van der Waals surface area contributed by atoms with Crippen molar-refractivity contribution in [2.24, 2.45) is 0 Å². The first kappa shape index (κ1) is 15.2. The molecule has 0 bridgehead atoms. The van der Waals surface area contributed by atoms with Gasteiger partial charge in [-0.2, -0.15) is 0 Å². The first-order valence-corrected chi connectivity index (χ1v) is 7.04. The summed E-state index contributed by atoms with van der Waals surface area (Å²) in [5, 5.41) is 3.51. The van der Waals surface area contributed by atoms with Crippen molar-refractivity contribution >= 4 is 0 Å². The van der Waals surface area contributed by atoms with Crippen molar-refractivity contribution in [3.05, 3.63) is 35.4 Å². The topological polar surface area (TPSA) is 21.3 Å². The Balaban J connectivity index is 2.84. The van der Waals surface area contributed by atoms with Crippen molar-refractivity contribution in [2.75, 3.05) is 13.2 Å². The second-order valence-corrected chi connectivity index (χ2v) is 5.02. The average molecular weight is 249 g/mol. The van der Waals surface area contributed by atoms with Crippen LogP contribution in [-0.4, -0.2) is 19.3 Å². The summed E-state index contributed by atoms with van der Waals surface area (Å²) < 4.78 is 5.73. The van der Waals surface area contributed by atoms with E-state index in [0.717, 1.165) is 13.2 Å². The molecule has 0 radical (unpaired) electrons. The van der Waals surface area contributed by atoms with Gasteiger partial charge in [0, 0.05) is 6.61 Å². The SMILES string of the molecule is CCNC(c1ccc(C(C)C)cc1)C(C)OCC. The van der Waals surface area contributed by atoms with Crippen LogP contribution in [0.15, 0.2) is 24.3 Å². The summed E-state index contributed by atoms with van der Waals surface area (Å²) in [6.45, 7) is 12.5. The highest BCUT2D eigenvalue weighted by atomic mass is 16.5. The zero-order valence-electron chi connectivity index (χ0n) is 12.4. The molecule has 2 heteroatoms. The van der Waals surface area contributed by atoms with Gasteiger partial charge in [0.25, 0.3) is 0 Å². The van der Waals surface area contributed by atoms with Crippen molar-refractivity contribution in [1.82, 2.24) is 5.32 Å². The van der Waals surface area contributed by atoms with E-state index in [2.05, 4.69) is 57.3 Å². The molecule has 1 rings (SSSR count). The molecule has 0 aliphatic heterocycles. The number of likely N-dealkylation sites (N-methyl/N-ethyl adjacent to an activating group) is 1. The molecule has 1 aromatic carbocycles. The molecule has 0 aliphatic carbocycles. The molecular formula is C16H27NO. The minimum atomic E-state index is 0.194. The Kier molecular flexibility index (Phi) is 6.37. The van der Waals surface area contributed by atoms with E-state index in [9.17, 15) is 0 Å². The van der Waals surface area contributed by atoms with Crippen molar-refractivity contribution in [2.45, 2.75) is 52.7 Å². The number of benzene rings is 1. The zero-order chi connectivity index (χ0) is 13.5. The maximum atomic E-state index is 5.73. The third-order valence-corrected chi connectivity index (χ3v) is 3.29. The Morgan fingerprint density at radius 2 is 1.56 bits per heavy atom. The standard InChI is InChI=1S/C16H27NO/c1-6-17-16(13(5)18-7-2)15-10-8-14(9-11-15)12(3)4/h8-13,16-17H,6-7H2,1-5H3. The largest absolute Gasteiger partial charge is 0.377 e. The molecule has 2 nitrogen and oxygen atoms in total. The molecule has 1 N–H and O–H groups in total. The third-order valence-electron chi connectivity index (χ3n) is 3.29. The van der Waals surface area contributed by atoms with E-state index in [-0.39, 0.29) is 12.1 Å². The van der Waals surface area contributed by atoms with Gasteiger partial charge >= 0.3 is 0 Å². The predicted octanol–water partition coefficient (Wildman–Crippen LogP) is 3.89. The summed E-state index contributed by atoms with van der Waals surface area (Å²) in [6.07, 6.45) is 0.194. The Labute approximate surface area is 112 Å². The molecule has 0 spiro atoms. The van der Waals surface area contributed by atoms with Gasteiger partial charge in [-0.3, -0.25) is 0 Å². The Hall–Kier alpha value is -0.860. The molecule has 0 saturated heterocycles. The Bertz CT molecular complexity index is 331. The lowest BCUT2D eigenvalue weighted by molar-refractivity contribution is 0.0476. The summed E-state index contributed by atoms with van der Waals surface area (Å²) in [5.41, 5.74) is 2.69. The van der Waals surface area contributed by atoms with Crippen LogP contribution in [0.2, 0.25) is 0 Å². The molecule has 0 heterocycles. The molecule has 0 amide bonds. The van der Waals surface area contributed by atoms with Crippen LogP contribution in [0.5, 0.6) is 0 Å². The summed E-state index contributed by atoms with van der Waals surface area (Å²) >= 11 is 0. The van der Waals surface area contributed by atoms with E-state index in [1.165, 1.54) is 11.1 Å². The van der Waals surface area contributed by atoms with Crippen LogP contribution in [0, 0.1) is 0 Å². The monoisotopic (exact) mass is 249 g/mol. The van der Waals surface area contributed by atoms with Crippen LogP contribution in [-0.2, 0) is 4.74 Å². The first-order valence-electron chi connectivity index (χ1n) is 7.04.